The lowest BCUT2D eigenvalue weighted by atomic mass is 10.0. The molecule has 0 aliphatic rings. The molecule has 3 N–H and O–H groups in total. The van der Waals surface area contributed by atoms with Gasteiger partial charge in [-0.25, -0.2) is 9.37 Å². The minimum absolute atomic E-state index is 0.0295. The van der Waals surface area contributed by atoms with Gasteiger partial charge in [0.1, 0.15) is 17.9 Å². The number of ether oxygens (including phenoxy) is 1. The van der Waals surface area contributed by atoms with Crippen molar-refractivity contribution in [2.24, 2.45) is 10.9 Å². The van der Waals surface area contributed by atoms with Crippen molar-refractivity contribution in [1.29, 1.82) is 0 Å². The molecule has 0 saturated carbocycles. The molecule has 140 valence electrons. The van der Waals surface area contributed by atoms with Crippen molar-refractivity contribution in [3.8, 4) is 22.6 Å². The van der Waals surface area contributed by atoms with Crippen LogP contribution in [0.25, 0.3) is 27.8 Å². The first kappa shape index (κ1) is 17.5. The number of amidine groups is 1. The quantitative estimate of drug-likeness (QED) is 0.245. The molecule has 0 amide bonds. The number of methoxy groups -OCH3 is 1. The normalized spacial score (nSPS) is 11.7. The van der Waals surface area contributed by atoms with Crippen LogP contribution in [-0.2, 0) is 0 Å². The van der Waals surface area contributed by atoms with E-state index in [4.69, 9.17) is 15.7 Å². The smallest absolute Gasteiger partial charge is 0.170 e. The van der Waals surface area contributed by atoms with E-state index in [1.165, 1.54) is 19.2 Å². The highest BCUT2D eigenvalue weighted by Crippen LogP contribution is 2.32. The van der Waals surface area contributed by atoms with Crippen LogP contribution in [0.5, 0.6) is 5.75 Å². The van der Waals surface area contributed by atoms with Gasteiger partial charge >= 0.3 is 0 Å². The summed E-state index contributed by atoms with van der Waals surface area (Å²) in [5, 5.41) is 11.9. The number of fused-ring (bicyclic) bond motifs is 1. The maximum atomic E-state index is 13.5. The Morgan fingerprint density at radius 1 is 1.14 bits per heavy atom. The number of hydrogen-bond acceptors (Lipinski definition) is 4. The SMILES string of the molecule is COc1cc(F)ccc1-c1cccc(-n2cnc3cc(C(N)=NO)ccc32)c1. The highest BCUT2D eigenvalue weighted by atomic mass is 19.1. The number of benzene rings is 3. The number of imidazole rings is 1. The Morgan fingerprint density at radius 3 is 2.79 bits per heavy atom. The third kappa shape index (κ3) is 3.03. The molecule has 0 aliphatic carbocycles. The van der Waals surface area contributed by atoms with E-state index < -0.39 is 0 Å². The molecule has 4 rings (SSSR count). The number of halogens is 1. The molecule has 3 aromatic carbocycles. The summed E-state index contributed by atoms with van der Waals surface area (Å²) in [6.07, 6.45) is 1.71. The second-order valence-corrected chi connectivity index (χ2v) is 6.20. The lowest BCUT2D eigenvalue weighted by Crippen LogP contribution is -2.12. The Hall–Kier alpha value is -3.87. The highest BCUT2D eigenvalue weighted by Gasteiger charge is 2.11. The number of rotatable bonds is 4. The molecule has 1 aromatic heterocycles. The van der Waals surface area contributed by atoms with Gasteiger partial charge in [0.2, 0.25) is 0 Å². The number of nitrogens with two attached hydrogens (primary N) is 1. The topological polar surface area (TPSA) is 85.7 Å². The van der Waals surface area contributed by atoms with Crippen LogP contribution in [0, 0.1) is 5.82 Å². The van der Waals surface area contributed by atoms with E-state index in [1.807, 2.05) is 34.9 Å². The third-order valence-electron chi connectivity index (χ3n) is 4.55. The molecule has 0 saturated heterocycles. The molecule has 4 aromatic rings. The van der Waals surface area contributed by atoms with Crippen molar-refractivity contribution < 1.29 is 14.3 Å². The molecule has 28 heavy (non-hydrogen) atoms. The Morgan fingerprint density at radius 2 is 2.00 bits per heavy atom. The van der Waals surface area contributed by atoms with Crippen LogP contribution in [-0.4, -0.2) is 27.7 Å². The minimum Gasteiger partial charge on any atom is -0.496 e. The van der Waals surface area contributed by atoms with Gasteiger partial charge in [0, 0.05) is 22.9 Å². The van der Waals surface area contributed by atoms with Crippen molar-refractivity contribution >= 4 is 16.9 Å². The van der Waals surface area contributed by atoms with E-state index in [2.05, 4.69) is 10.1 Å². The van der Waals surface area contributed by atoms with Crippen molar-refractivity contribution in [2.45, 2.75) is 0 Å². The van der Waals surface area contributed by atoms with E-state index in [0.29, 0.717) is 16.8 Å². The molecular formula is C21H17FN4O2. The van der Waals surface area contributed by atoms with Crippen LogP contribution in [0.1, 0.15) is 5.56 Å². The van der Waals surface area contributed by atoms with Crippen LogP contribution in [0.3, 0.4) is 0 Å². The molecule has 0 atom stereocenters. The minimum atomic E-state index is -0.348. The summed E-state index contributed by atoms with van der Waals surface area (Å²) < 4.78 is 20.8. The van der Waals surface area contributed by atoms with Gasteiger partial charge < -0.3 is 15.7 Å². The first-order valence-electron chi connectivity index (χ1n) is 8.50. The summed E-state index contributed by atoms with van der Waals surface area (Å²) in [6, 6.07) is 17.7. The largest absolute Gasteiger partial charge is 0.496 e. The lowest BCUT2D eigenvalue weighted by molar-refractivity contribution is 0.318. The third-order valence-corrected chi connectivity index (χ3v) is 4.55. The fourth-order valence-electron chi connectivity index (χ4n) is 3.16. The van der Waals surface area contributed by atoms with Crippen molar-refractivity contribution in [2.75, 3.05) is 7.11 Å². The Kier molecular flexibility index (Phi) is 4.41. The molecule has 6 nitrogen and oxygen atoms in total. The van der Waals surface area contributed by atoms with E-state index >= 15 is 0 Å². The van der Waals surface area contributed by atoms with Gasteiger partial charge in [-0.3, -0.25) is 4.57 Å². The summed E-state index contributed by atoms with van der Waals surface area (Å²) in [4.78, 5) is 4.42. The van der Waals surface area contributed by atoms with Crippen molar-refractivity contribution in [3.05, 3.63) is 78.4 Å². The van der Waals surface area contributed by atoms with E-state index in [9.17, 15) is 4.39 Å². The summed E-state index contributed by atoms with van der Waals surface area (Å²) in [5.41, 5.74) is 10.4. The first-order valence-corrected chi connectivity index (χ1v) is 8.50. The zero-order valence-electron chi connectivity index (χ0n) is 15.0. The predicted molar refractivity (Wildman–Crippen MR) is 106 cm³/mol. The van der Waals surface area contributed by atoms with Crippen LogP contribution < -0.4 is 10.5 Å². The van der Waals surface area contributed by atoms with E-state index in [1.54, 1.807) is 24.5 Å². The molecule has 7 heteroatoms. The second-order valence-electron chi connectivity index (χ2n) is 6.20. The van der Waals surface area contributed by atoms with Crippen LogP contribution in [0.4, 0.5) is 4.39 Å². The van der Waals surface area contributed by atoms with E-state index in [0.717, 1.165) is 22.3 Å². The molecule has 0 unspecified atom stereocenters. The second kappa shape index (κ2) is 7.03. The van der Waals surface area contributed by atoms with E-state index in [-0.39, 0.29) is 11.7 Å². The molecule has 0 radical (unpaired) electrons. The van der Waals surface area contributed by atoms with Gasteiger partial charge in [0.15, 0.2) is 5.84 Å². The van der Waals surface area contributed by atoms with Gasteiger partial charge in [-0.15, -0.1) is 0 Å². The fourth-order valence-corrected chi connectivity index (χ4v) is 3.16. The first-order chi connectivity index (χ1) is 13.6. The molecule has 0 aliphatic heterocycles. The average Bonchev–Trinajstić information content (AvgIpc) is 3.16. The zero-order chi connectivity index (χ0) is 19.7. The molecular weight excluding hydrogens is 359 g/mol. The average molecular weight is 376 g/mol. The molecule has 0 fully saturated rings. The molecule has 1 heterocycles. The molecule has 0 spiro atoms. The van der Waals surface area contributed by atoms with Gasteiger partial charge in [-0.05, 0) is 48.0 Å². The number of hydrogen-bond donors (Lipinski definition) is 2. The van der Waals surface area contributed by atoms with Crippen LogP contribution in [0.15, 0.2) is 72.1 Å². The summed E-state index contributed by atoms with van der Waals surface area (Å²) >= 11 is 0. The van der Waals surface area contributed by atoms with Gasteiger partial charge in [0.25, 0.3) is 0 Å². The van der Waals surface area contributed by atoms with Gasteiger partial charge in [0.05, 0.1) is 18.1 Å². The summed E-state index contributed by atoms with van der Waals surface area (Å²) in [7, 11) is 1.52. The number of oxime groups is 1. The maximum Gasteiger partial charge on any atom is 0.170 e. The van der Waals surface area contributed by atoms with Crippen LogP contribution in [0.2, 0.25) is 0 Å². The van der Waals surface area contributed by atoms with Crippen LogP contribution >= 0.6 is 0 Å². The van der Waals surface area contributed by atoms with Crippen molar-refractivity contribution in [1.82, 2.24) is 9.55 Å². The fraction of sp³-hybridized carbons (Fsp3) is 0.0476. The van der Waals surface area contributed by atoms with Gasteiger partial charge in [-0.2, -0.15) is 0 Å². The van der Waals surface area contributed by atoms with Crippen molar-refractivity contribution in [3.63, 3.8) is 0 Å². The molecule has 0 bridgehead atoms. The number of aromatic nitrogens is 2. The predicted octanol–water partition coefficient (Wildman–Crippen LogP) is 3.93. The van der Waals surface area contributed by atoms with Gasteiger partial charge in [-0.1, -0.05) is 17.3 Å². The monoisotopic (exact) mass is 376 g/mol. The highest BCUT2D eigenvalue weighted by molar-refractivity contribution is 5.99. The Balaban J connectivity index is 1.80. The lowest BCUT2D eigenvalue weighted by Gasteiger charge is -2.11. The Bertz CT molecular complexity index is 1200. The number of nitrogens with zero attached hydrogens (tertiary/aromatic N) is 3. The zero-order valence-corrected chi connectivity index (χ0v) is 15.0. The maximum absolute atomic E-state index is 13.5. The standard InChI is InChI=1S/C21H17FN4O2/c1-28-20-11-15(22)6-7-17(20)13-3-2-4-16(9-13)26-12-24-18-10-14(21(23)25-27)5-8-19(18)26/h2-12,27H,1H3,(H2,23,25). The Labute approximate surface area is 160 Å². The summed E-state index contributed by atoms with van der Waals surface area (Å²) in [5.74, 6) is 0.150. The summed E-state index contributed by atoms with van der Waals surface area (Å²) in [6.45, 7) is 0.